The standard InChI is InChI=1S/C10H15NS/c1-3-4-8-6-12-10(11-8)9-5-7(9)2/h3-4,7-9H,5-6H2,1-2H3/b4-3-/t7-,8-,9+/m0/s1. The Bertz CT molecular complexity index is 232. The molecular formula is C10H15NS. The summed E-state index contributed by atoms with van der Waals surface area (Å²) < 4.78 is 0. The second-order valence-electron chi connectivity index (χ2n) is 3.69. The minimum Gasteiger partial charge on any atom is -0.274 e. The van der Waals surface area contributed by atoms with Crippen LogP contribution in [0, 0.1) is 11.8 Å². The van der Waals surface area contributed by atoms with Crippen LogP contribution in [0.5, 0.6) is 0 Å². The molecule has 1 nitrogen and oxygen atoms in total. The lowest BCUT2D eigenvalue weighted by molar-refractivity contribution is 0.910. The summed E-state index contributed by atoms with van der Waals surface area (Å²) in [6.45, 7) is 4.38. The van der Waals surface area contributed by atoms with E-state index in [0.717, 1.165) is 11.8 Å². The summed E-state index contributed by atoms with van der Waals surface area (Å²) >= 11 is 1.96. The second-order valence-corrected chi connectivity index (χ2v) is 4.73. The summed E-state index contributed by atoms with van der Waals surface area (Å²) in [6, 6.07) is 0.475. The molecule has 0 aromatic heterocycles. The van der Waals surface area contributed by atoms with Crippen LogP contribution in [0.25, 0.3) is 0 Å². The zero-order chi connectivity index (χ0) is 8.55. The molecule has 2 rings (SSSR count). The molecule has 0 spiro atoms. The number of thioether (sulfide) groups is 1. The lowest BCUT2D eigenvalue weighted by Crippen LogP contribution is -1.96. The molecule has 12 heavy (non-hydrogen) atoms. The van der Waals surface area contributed by atoms with Crippen LogP contribution < -0.4 is 0 Å². The van der Waals surface area contributed by atoms with Gasteiger partial charge in [0.05, 0.1) is 11.1 Å². The van der Waals surface area contributed by atoms with Gasteiger partial charge in [0.15, 0.2) is 0 Å². The third-order valence-corrected chi connectivity index (χ3v) is 3.75. The van der Waals surface area contributed by atoms with E-state index in [-0.39, 0.29) is 0 Å². The van der Waals surface area contributed by atoms with Crippen LogP contribution in [-0.2, 0) is 0 Å². The van der Waals surface area contributed by atoms with Crippen LogP contribution >= 0.6 is 11.8 Å². The van der Waals surface area contributed by atoms with E-state index in [1.54, 1.807) is 0 Å². The Hall–Kier alpha value is -0.240. The Morgan fingerprint density at radius 1 is 1.58 bits per heavy atom. The summed E-state index contributed by atoms with van der Waals surface area (Å²) in [5.41, 5.74) is 0. The van der Waals surface area contributed by atoms with Gasteiger partial charge < -0.3 is 0 Å². The molecule has 0 aromatic carbocycles. The van der Waals surface area contributed by atoms with Gasteiger partial charge in [-0.3, -0.25) is 4.99 Å². The fraction of sp³-hybridized carbons (Fsp3) is 0.700. The highest BCUT2D eigenvalue weighted by Gasteiger charge is 2.39. The first-order valence-corrected chi connectivity index (χ1v) is 5.63. The van der Waals surface area contributed by atoms with Crippen molar-refractivity contribution in [3.05, 3.63) is 12.2 Å². The molecule has 0 radical (unpaired) electrons. The van der Waals surface area contributed by atoms with Crippen molar-refractivity contribution in [1.82, 2.24) is 0 Å². The average molecular weight is 181 g/mol. The van der Waals surface area contributed by atoms with Crippen molar-refractivity contribution in [2.75, 3.05) is 5.75 Å². The highest BCUT2D eigenvalue weighted by Crippen LogP contribution is 2.44. The van der Waals surface area contributed by atoms with Gasteiger partial charge in [0.25, 0.3) is 0 Å². The molecule has 1 heterocycles. The SMILES string of the molecule is C/C=C\[C@H]1CSC([C@@H]2C[C@@H]2C)=N1. The third kappa shape index (κ3) is 1.58. The van der Waals surface area contributed by atoms with Crippen molar-refractivity contribution in [1.29, 1.82) is 0 Å². The molecule has 0 saturated heterocycles. The van der Waals surface area contributed by atoms with Gasteiger partial charge in [-0.05, 0) is 19.3 Å². The van der Waals surface area contributed by atoms with Crippen molar-refractivity contribution in [3.63, 3.8) is 0 Å². The highest BCUT2D eigenvalue weighted by molar-refractivity contribution is 8.14. The first-order chi connectivity index (χ1) is 5.81. The Morgan fingerprint density at radius 2 is 2.33 bits per heavy atom. The van der Waals surface area contributed by atoms with Gasteiger partial charge in [-0.15, -0.1) is 11.8 Å². The first-order valence-electron chi connectivity index (χ1n) is 4.64. The number of nitrogens with zero attached hydrogens (tertiary/aromatic N) is 1. The molecule has 3 atom stereocenters. The van der Waals surface area contributed by atoms with Gasteiger partial charge >= 0.3 is 0 Å². The number of aliphatic imine (C=N–C) groups is 1. The topological polar surface area (TPSA) is 12.4 Å². The quantitative estimate of drug-likeness (QED) is 0.597. The molecule has 1 aliphatic carbocycles. The average Bonchev–Trinajstić information content (AvgIpc) is 2.62. The highest BCUT2D eigenvalue weighted by atomic mass is 32.2. The fourth-order valence-electron chi connectivity index (χ4n) is 1.60. The minimum absolute atomic E-state index is 0.475. The number of hydrogen-bond acceptors (Lipinski definition) is 2. The largest absolute Gasteiger partial charge is 0.274 e. The lowest BCUT2D eigenvalue weighted by atomic mass is 10.3. The zero-order valence-electron chi connectivity index (χ0n) is 7.66. The molecule has 0 N–H and O–H groups in total. The van der Waals surface area contributed by atoms with Gasteiger partial charge in [0.1, 0.15) is 0 Å². The molecule has 0 aromatic rings. The molecule has 2 aliphatic rings. The summed E-state index contributed by atoms with van der Waals surface area (Å²) in [4.78, 5) is 4.68. The van der Waals surface area contributed by atoms with E-state index in [4.69, 9.17) is 0 Å². The van der Waals surface area contributed by atoms with Gasteiger partial charge in [-0.2, -0.15) is 0 Å². The number of hydrogen-bond donors (Lipinski definition) is 0. The molecule has 1 fully saturated rings. The predicted molar refractivity (Wildman–Crippen MR) is 55.8 cm³/mol. The van der Waals surface area contributed by atoms with Crippen molar-refractivity contribution in [3.8, 4) is 0 Å². The zero-order valence-corrected chi connectivity index (χ0v) is 8.47. The van der Waals surface area contributed by atoms with Crippen molar-refractivity contribution in [2.24, 2.45) is 16.8 Å². The number of allylic oxidation sites excluding steroid dienone is 1. The maximum Gasteiger partial charge on any atom is 0.0783 e. The van der Waals surface area contributed by atoms with E-state index >= 15 is 0 Å². The van der Waals surface area contributed by atoms with Crippen molar-refractivity contribution < 1.29 is 0 Å². The maximum atomic E-state index is 4.68. The fourth-order valence-corrected chi connectivity index (χ4v) is 2.88. The Kier molecular flexibility index (Phi) is 2.26. The van der Waals surface area contributed by atoms with Crippen LogP contribution in [0.2, 0.25) is 0 Å². The summed E-state index contributed by atoms with van der Waals surface area (Å²) in [6.07, 6.45) is 5.68. The molecule has 0 unspecified atom stereocenters. The molecule has 1 aliphatic heterocycles. The third-order valence-electron chi connectivity index (χ3n) is 2.54. The molecule has 66 valence electrons. The van der Waals surface area contributed by atoms with Gasteiger partial charge in [-0.25, -0.2) is 0 Å². The summed E-state index contributed by atoms with van der Waals surface area (Å²) in [5, 5.41) is 1.42. The molecule has 0 amide bonds. The Labute approximate surface area is 78.3 Å². The van der Waals surface area contributed by atoms with Crippen LogP contribution in [-0.4, -0.2) is 16.8 Å². The molecule has 2 heteroatoms. The van der Waals surface area contributed by atoms with Crippen molar-refractivity contribution in [2.45, 2.75) is 26.3 Å². The van der Waals surface area contributed by atoms with Crippen LogP contribution in [0.1, 0.15) is 20.3 Å². The van der Waals surface area contributed by atoms with E-state index in [0.29, 0.717) is 6.04 Å². The molecule has 1 saturated carbocycles. The molecular weight excluding hydrogens is 166 g/mol. The smallest absolute Gasteiger partial charge is 0.0783 e. The van der Waals surface area contributed by atoms with E-state index in [9.17, 15) is 0 Å². The lowest BCUT2D eigenvalue weighted by Gasteiger charge is -1.93. The van der Waals surface area contributed by atoms with Gasteiger partial charge in [0, 0.05) is 11.7 Å². The van der Waals surface area contributed by atoms with E-state index < -0.39 is 0 Å². The number of rotatable bonds is 2. The van der Waals surface area contributed by atoms with Crippen LogP contribution in [0.3, 0.4) is 0 Å². The first kappa shape index (κ1) is 8.36. The van der Waals surface area contributed by atoms with E-state index in [1.165, 1.54) is 17.2 Å². The summed E-state index contributed by atoms with van der Waals surface area (Å²) in [7, 11) is 0. The predicted octanol–water partition coefficient (Wildman–Crippen LogP) is 2.73. The van der Waals surface area contributed by atoms with Crippen molar-refractivity contribution >= 4 is 16.8 Å². The van der Waals surface area contributed by atoms with Gasteiger partial charge in [-0.1, -0.05) is 19.1 Å². The maximum absolute atomic E-state index is 4.68. The summed E-state index contributed by atoms with van der Waals surface area (Å²) in [5.74, 6) is 2.90. The monoisotopic (exact) mass is 181 g/mol. The van der Waals surface area contributed by atoms with Gasteiger partial charge in [0.2, 0.25) is 0 Å². The molecule has 0 bridgehead atoms. The Balaban J connectivity index is 1.96. The Morgan fingerprint density at radius 3 is 2.92 bits per heavy atom. The second kappa shape index (κ2) is 3.25. The normalized spacial score (nSPS) is 40.5. The van der Waals surface area contributed by atoms with E-state index in [2.05, 4.69) is 31.0 Å². The van der Waals surface area contributed by atoms with Crippen LogP contribution in [0.4, 0.5) is 0 Å². The van der Waals surface area contributed by atoms with E-state index in [1.807, 2.05) is 11.8 Å². The minimum atomic E-state index is 0.475. The van der Waals surface area contributed by atoms with Crippen LogP contribution in [0.15, 0.2) is 17.1 Å².